The SMILES string of the molecule is COc1ccc(C)cc1CN(C)C(=O)c1ccc(S(=O)(=O)Nc2ccc(F)cc2)cc1. The van der Waals surface area contributed by atoms with Gasteiger partial charge in [-0.1, -0.05) is 17.7 Å². The summed E-state index contributed by atoms with van der Waals surface area (Å²) in [6.07, 6.45) is 0. The average Bonchev–Trinajstić information content (AvgIpc) is 2.75. The Balaban J connectivity index is 1.73. The summed E-state index contributed by atoms with van der Waals surface area (Å²) in [4.78, 5) is 14.3. The molecule has 0 radical (unpaired) electrons. The summed E-state index contributed by atoms with van der Waals surface area (Å²) in [5.74, 6) is -0.0178. The minimum absolute atomic E-state index is 0.00335. The van der Waals surface area contributed by atoms with Gasteiger partial charge in [-0.3, -0.25) is 9.52 Å². The number of nitrogens with zero attached hydrogens (tertiary/aromatic N) is 1. The lowest BCUT2D eigenvalue weighted by atomic mass is 10.1. The number of hydrogen-bond donors (Lipinski definition) is 1. The molecule has 0 heterocycles. The Morgan fingerprint density at radius 1 is 1.03 bits per heavy atom. The first-order valence-corrected chi connectivity index (χ1v) is 11.0. The molecule has 0 aromatic heterocycles. The highest BCUT2D eigenvalue weighted by Crippen LogP contribution is 2.22. The zero-order valence-electron chi connectivity index (χ0n) is 17.4. The number of aryl methyl sites for hydroxylation is 1. The van der Waals surface area contributed by atoms with Crippen molar-refractivity contribution < 1.29 is 22.3 Å². The highest BCUT2D eigenvalue weighted by atomic mass is 32.2. The quantitative estimate of drug-likeness (QED) is 0.595. The van der Waals surface area contributed by atoms with Gasteiger partial charge < -0.3 is 9.64 Å². The molecule has 0 aliphatic rings. The monoisotopic (exact) mass is 442 g/mol. The molecule has 162 valence electrons. The van der Waals surface area contributed by atoms with Crippen LogP contribution in [-0.4, -0.2) is 33.4 Å². The molecule has 1 N–H and O–H groups in total. The van der Waals surface area contributed by atoms with Crippen LogP contribution in [0.4, 0.5) is 10.1 Å². The summed E-state index contributed by atoms with van der Waals surface area (Å²) in [6, 6.07) is 16.4. The number of anilines is 1. The van der Waals surface area contributed by atoms with Crippen LogP contribution in [-0.2, 0) is 16.6 Å². The Bertz CT molecular complexity index is 1180. The molecule has 0 fully saturated rings. The summed E-state index contributed by atoms with van der Waals surface area (Å²) >= 11 is 0. The molecule has 6 nitrogen and oxygen atoms in total. The average molecular weight is 443 g/mol. The number of sulfonamides is 1. The molecule has 0 saturated carbocycles. The van der Waals surface area contributed by atoms with Crippen molar-refractivity contribution in [3.63, 3.8) is 0 Å². The number of ether oxygens (including phenoxy) is 1. The molecule has 0 aliphatic carbocycles. The van der Waals surface area contributed by atoms with E-state index in [0.717, 1.165) is 11.1 Å². The number of carbonyl (C=O) groups excluding carboxylic acids is 1. The van der Waals surface area contributed by atoms with Crippen LogP contribution < -0.4 is 9.46 Å². The molecule has 0 atom stereocenters. The van der Waals surface area contributed by atoms with Crippen LogP contribution >= 0.6 is 0 Å². The molecule has 0 bridgehead atoms. The molecule has 0 saturated heterocycles. The van der Waals surface area contributed by atoms with Crippen LogP contribution in [0.2, 0.25) is 0 Å². The number of rotatable bonds is 7. The first kappa shape index (κ1) is 22.3. The molecule has 0 spiro atoms. The number of halogens is 1. The van der Waals surface area contributed by atoms with E-state index >= 15 is 0 Å². The highest BCUT2D eigenvalue weighted by molar-refractivity contribution is 7.92. The van der Waals surface area contributed by atoms with Crippen molar-refractivity contribution in [3.05, 3.63) is 89.2 Å². The first-order chi connectivity index (χ1) is 14.7. The Labute approximate surface area is 181 Å². The van der Waals surface area contributed by atoms with Crippen molar-refractivity contribution in [3.8, 4) is 5.75 Å². The van der Waals surface area contributed by atoms with E-state index in [1.807, 2.05) is 25.1 Å². The lowest BCUT2D eigenvalue weighted by molar-refractivity contribution is 0.0784. The van der Waals surface area contributed by atoms with Gasteiger partial charge in [0.15, 0.2) is 0 Å². The third-order valence-electron chi connectivity index (χ3n) is 4.70. The number of amides is 1. The van der Waals surface area contributed by atoms with E-state index in [2.05, 4.69) is 4.72 Å². The van der Waals surface area contributed by atoms with Gasteiger partial charge in [-0.25, -0.2) is 12.8 Å². The second-order valence-electron chi connectivity index (χ2n) is 7.11. The fourth-order valence-corrected chi connectivity index (χ4v) is 4.15. The molecular formula is C23H23FN2O4S. The van der Waals surface area contributed by atoms with Crippen LogP contribution in [0.5, 0.6) is 5.75 Å². The number of nitrogens with one attached hydrogen (secondary N) is 1. The standard InChI is InChI=1S/C23H23FN2O4S/c1-16-4-13-22(30-3)18(14-16)15-26(2)23(27)17-5-11-21(12-6-17)31(28,29)25-20-9-7-19(24)8-10-20/h4-14,25H,15H2,1-3H3. The highest BCUT2D eigenvalue weighted by Gasteiger charge is 2.18. The maximum absolute atomic E-state index is 13.0. The molecule has 0 aliphatic heterocycles. The predicted octanol–water partition coefficient (Wildman–Crippen LogP) is 4.22. The van der Waals surface area contributed by atoms with E-state index in [-0.39, 0.29) is 16.5 Å². The Morgan fingerprint density at radius 2 is 1.68 bits per heavy atom. The van der Waals surface area contributed by atoms with Crippen molar-refractivity contribution in [1.29, 1.82) is 0 Å². The van der Waals surface area contributed by atoms with Gasteiger partial charge in [0, 0.05) is 30.4 Å². The minimum atomic E-state index is -3.87. The maximum Gasteiger partial charge on any atom is 0.261 e. The molecule has 3 rings (SSSR count). The van der Waals surface area contributed by atoms with Gasteiger partial charge in [-0.2, -0.15) is 0 Å². The molecule has 1 amide bonds. The van der Waals surface area contributed by atoms with E-state index in [9.17, 15) is 17.6 Å². The lowest BCUT2D eigenvalue weighted by Gasteiger charge is -2.19. The number of carbonyl (C=O) groups is 1. The Kier molecular flexibility index (Phi) is 6.60. The predicted molar refractivity (Wildman–Crippen MR) is 117 cm³/mol. The van der Waals surface area contributed by atoms with Gasteiger partial charge in [0.1, 0.15) is 11.6 Å². The van der Waals surface area contributed by atoms with E-state index in [1.165, 1.54) is 53.4 Å². The van der Waals surface area contributed by atoms with Gasteiger partial charge in [-0.05, 0) is 61.5 Å². The number of methoxy groups -OCH3 is 1. The normalized spacial score (nSPS) is 11.1. The van der Waals surface area contributed by atoms with E-state index in [4.69, 9.17) is 4.74 Å². The second kappa shape index (κ2) is 9.18. The van der Waals surface area contributed by atoms with Crippen molar-refractivity contribution in [2.75, 3.05) is 18.9 Å². The number of benzene rings is 3. The van der Waals surface area contributed by atoms with Crippen LogP contribution in [0, 0.1) is 12.7 Å². The second-order valence-corrected chi connectivity index (χ2v) is 8.80. The van der Waals surface area contributed by atoms with Crippen LogP contribution in [0.3, 0.4) is 0 Å². The van der Waals surface area contributed by atoms with Gasteiger partial charge in [-0.15, -0.1) is 0 Å². The summed E-state index contributed by atoms with van der Waals surface area (Å²) in [7, 11) is -0.615. The molecule has 8 heteroatoms. The van der Waals surface area contributed by atoms with Gasteiger partial charge in [0.25, 0.3) is 15.9 Å². The molecule has 3 aromatic rings. The summed E-state index contributed by atoms with van der Waals surface area (Å²) in [5, 5.41) is 0. The third-order valence-corrected chi connectivity index (χ3v) is 6.10. The van der Waals surface area contributed by atoms with E-state index in [0.29, 0.717) is 17.9 Å². The van der Waals surface area contributed by atoms with Crippen molar-refractivity contribution in [2.45, 2.75) is 18.4 Å². The topological polar surface area (TPSA) is 75.7 Å². The van der Waals surface area contributed by atoms with Gasteiger partial charge >= 0.3 is 0 Å². The molecule has 0 unspecified atom stereocenters. The van der Waals surface area contributed by atoms with Crippen LogP contribution in [0.15, 0.2) is 71.6 Å². The van der Waals surface area contributed by atoms with Crippen LogP contribution in [0.25, 0.3) is 0 Å². The molecular weight excluding hydrogens is 419 g/mol. The fraction of sp³-hybridized carbons (Fsp3) is 0.174. The van der Waals surface area contributed by atoms with Crippen molar-refractivity contribution in [1.82, 2.24) is 4.90 Å². The Morgan fingerprint density at radius 3 is 2.29 bits per heavy atom. The first-order valence-electron chi connectivity index (χ1n) is 9.47. The van der Waals surface area contributed by atoms with Crippen molar-refractivity contribution in [2.24, 2.45) is 0 Å². The zero-order valence-corrected chi connectivity index (χ0v) is 18.2. The lowest BCUT2D eigenvalue weighted by Crippen LogP contribution is -2.26. The molecule has 31 heavy (non-hydrogen) atoms. The fourth-order valence-electron chi connectivity index (χ4n) is 3.09. The van der Waals surface area contributed by atoms with Gasteiger partial charge in [0.05, 0.1) is 12.0 Å². The summed E-state index contributed by atoms with van der Waals surface area (Å²) in [5.41, 5.74) is 2.53. The maximum atomic E-state index is 13.0. The summed E-state index contributed by atoms with van der Waals surface area (Å²) < 4.78 is 45.8. The smallest absolute Gasteiger partial charge is 0.261 e. The van der Waals surface area contributed by atoms with E-state index < -0.39 is 15.8 Å². The Hall–Kier alpha value is -3.39. The third kappa shape index (κ3) is 5.40. The van der Waals surface area contributed by atoms with Crippen molar-refractivity contribution >= 4 is 21.6 Å². The molecule has 3 aromatic carbocycles. The minimum Gasteiger partial charge on any atom is -0.496 e. The van der Waals surface area contributed by atoms with Gasteiger partial charge in [0.2, 0.25) is 0 Å². The zero-order chi connectivity index (χ0) is 22.6. The number of hydrogen-bond acceptors (Lipinski definition) is 4. The summed E-state index contributed by atoms with van der Waals surface area (Å²) in [6.45, 7) is 2.31. The largest absolute Gasteiger partial charge is 0.496 e. The van der Waals surface area contributed by atoms with Crippen LogP contribution in [0.1, 0.15) is 21.5 Å². The van der Waals surface area contributed by atoms with E-state index in [1.54, 1.807) is 14.2 Å².